The van der Waals surface area contributed by atoms with Crippen molar-refractivity contribution in [2.45, 2.75) is 94.2 Å². The van der Waals surface area contributed by atoms with Gasteiger partial charge in [-0.25, -0.2) is 4.39 Å². The summed E-state index contributed by atoms with van der Waals surface area (Å²) in [7, 11) is 0. The van der Waals surface area contributed by atoms with Crippen molar-refractivity contribution in [1.29, 1.82) is 0 Å². The zero-order chi connectivity index (χ0) is 55.0. The van der Waals surface area contributed by atoms with Crippen LogP contribution in [0.25, 0.3) is 0 Å². The number of hydrogen-bond donors (Lipinski definition) is 6. The number of benzene rings is 7. The minimum atomic E-state index is -1.37. The Morgan fingerprint density at radius 2 is 1.09 bits per heavy atom. The Labute approximate surface area is 462 Å². The fourth-order valence-electron chi connectivity index (χ4n) is 10.6. The summed E-state index contributed by atoms with van der Waals surface area (Å²) in [6, 6.07) is 58.0. The molecule has 0 radical (unpaired) electrons. The Bertz CT molecular complexity index is 3000. The van der Waals surface area contributed by atoms with E-state index in [1.165, 1.54) is 12.1 Å². The molecule has 10 nitrogen and oxygen atoms in total. The normalized spacial score (nSPS) is 12.9. The number of rotatable bonds is 25. The average molecular weight is 1070 g/mol. The number of hydrogen-bond acceptors (Lipinski definition) is 8. The monoisotopic (exact) mass is 1070 g/mol. The van der Waals surface area contributed by atoms with Gasteiger partial charge in [0.15, 0.2) is 0 Å². The summed E-state index contributed by atoms with van der Waals surface area (Å²) in [6.45, 7) is 3.57. The molecule has 398 valence electrons. The van der Waals surface area contributed by atoms with Crippen LogP contribution in [0.5, 0.6) is 5.75 Å². The molecule has 7 aromatic rings. The summed E-state index contributed by atoms with van der Waals surface area (Å²) in [6.07, 6.45) is 3.82. The van der Waals surface area contributed by atoms with Gasteiger partial charge in [0.05, 0.1) is 18.6 Å². The van der Waals surface area contributed by atoms with E-state index in [4.69, 9.17) is 12.8 Å². The minimum Gasteiger partial charge on any atom is -0.508 e. The second kappa shape index (κ2) is 27.0. The first-order valence-electron chi connectivity index (χ1n) is 25.9. The molecule has 4 N–H and O–H groups in total. The molecule has 1 unspecified atom stereocenters. The summed E-state index contributed by atoms with van der Waals surface area (Å²) in [4.78, 5) is 55.1. The average Bonchev–Trinajstić information content (AvgIpc) is 3.46. The lowest BCUT2D eigenvalue weighted by molar-refractivity contribution is -0.142. The summed E-state index contributed by atoms with van der Waals surface area (Å²) < 4.78 is 16.5. The van der Waals surface area contributed by atoms with E-state index in [0.29, 0.717) is 36.1 Å². The highest BCUT2D eigenvalue weighted by Crippen LogP contribution is 2.47. The highest BCUT2D eigenvalue weighted by Gasteiger charge is 2.41. The quantitative estimate of drug-likeness (QED) is 0.0190. The number of anilines is 1. The van der Waals surface area contributed by atoms with Crippen molar-refractivity contribution in [3.05, 3.63) is 251 Å². The van der Waals surface area contributed by atoms with E-state index in [9.17, 15) is 34.1 Å². The molecule has 0 heterocycles. The number of nitrogens with zero attached hydrogens (tertiary/aromatic N) is 2. The van der Waals surface area contributed by atoms with Gasteiger partial charge >= 0.3 is 5.97 Å². The second-order valence-corrected chi connectivity index (χ2v) is 20.5. The van der Waals surface area contributed by atoms with Crippen molar-refractivity contribution in [3.63, 3.8) is 0 Å². The Kier molecular flexibility index (Phi) is 20.1. The van der Waals surface area contributed by atoms with Gasteiger partial charge in [-0.2, -0.15) is 0 Å². The predicted octanol–water partition coefficient (Wildman–Crippen LogP) is 12.6. The molecule has 7 rings (SSSR count). The molecular formula is C64H66FN3O7S2. The van der Waals surface area contributed by atoms with Gasteiger partial charge in [-0.1, -0.05) is 215 Å². The molecule has 77 heavy (non-hydrogen) atoms. The highest BCUT2D eigenvalue weighted by atomic mass is 32.1. The van der Waals surface area contributed by atoms with Crippen LogP contribution in [0.15, 0.2) is 206 Å². The van der Waals surface area contributed by atoms with Crippen LogP contribution in [0, 0.1) is 11.7 Å². The molecule has 0 aliphatic rings. The third kappa shape index (κ3) is 13.9. The van der Waals surface area contributed by atoms with Gasteiger partial charge in [-0.3, -0.25) is 27.8 Å². The van der Waals surface area contributed by atoms with Crippen molar-refractivity contribution in [1.82, 2.24) is 8.61 Å². The lowest BCUT2D eigenvalue weighted by Gasteiger charge is -2.39. The number of amides is 3. The number of aliphatic hydroxyl groups excluding tert-OH is 1. The number of carbonyl (C=O) groups excluding carboxylic acids is 3. The fourth-order valence-corrected chi connectivity index (χ4v) is 11.4. The largest absolute Gasteiger partial charge is 0.508 e. The van der Waals surface area contributed by atoms with E-state index < -0.39 is 64.9 Å². The number of carboxylic acids is 1. The Balaban J connectivity index is 1.16. The van der Waals surface area contributed by atoms with E-state index in [1.54, 1.807) is 44.2 Å². The molecule has 0 aliphatic heterocycles. The molecule has 0 fully saturated rings. The number of carbonyl (C=O) groups is 4. The van der Waals surface area contributed by atoms with Crippen molar-refractivity contribution in [3.8, 4) is 5.75 Å². The van der Waals surface area contributed by atoms with Crippen molar-refractivity contribution in [2.75, 3.05) is 5.32 Å². The topological polar surface area (TPSA) is 147 Å². The number of nitrogens with one attached hydrogen (secondary N) is 1. The first-order valence-corrected chi connectivity index (χ1v) is 26.7. The first kappa shape index (κ1) is 57.3. The van der Waals surface area contributed by atoms with Crippen LogP contribution in [0.3, 0.4) is 0 Å². The molecule has 0 saturated heterocycles. The molecule has 3 amide bonds. The van der Waals surface area contributed by atoms with E-state index in [2.05, 4.69) is 48.5 Å². The van der Waals surface area contributed by atoms with Gasteiger partial charge in [0.25, 0.3) is 0 Å². The zero-order valence-corrected chi connectivity index (χ0v) is 45.0. The molecule has 0 aromatic heterocycles. The van der Waals surface area contributed by atoms with E-state index in [-0.39, 0.29) is 37.4 Å². The summed E-state index contributed by atoms with van der Waals surface area (Å²) in [5, 5.41) is 34.3. The van der Waals surface area contributed by atoms with Crippen molar-refractivity contribution < 1.29 is 38.9 Å². The smallest absolute Gasteiger partial charge is 0.306 e. The summed E-state index contributed by atoms with van der Waals surface area (Å²) in [5.74, 6) is -3.20. The third-order valence-electron chi connectivity index (χ3n) is 14.3. The Hall–Kier alpha value is -7.45. The number of para-hydroxylation sites is 1. The SMILES string of the molecule is CC(C)[C@H]([C@@H](O)CC(=O)O)N(S)C(=O)CCC(c1ccccc1)(c1ccccc1)c1ccccc1NC(=O)C(Cc1ccc(F)cc1)N(S)C(=O)CCC=CCCC(c1ccccc1)(c1ccccc1)c1cccc(O)c1. The number of aliphatic carboxylic acids is 1. The predicted molar refractivity (Wildman–Crippen MR) is 308 cm³/mol. The molecule has 0 spiro atoms. The highest BCUT2D eigenvalue weighted by molar-refractivity contribution is 7.78. The maximum Gasteiger partial charge on any atom is 0.306 e. The molecule has 3 atom stereocenters. The van der Waals surface area contributed by atoms with Crippen LogP contribution in [-0.2, 0) is 36.4 Å². The third-order valence-corrected chi connectivity index (χ3v) is 15.3. The van der Waals surface area contributed by atoms with Crippen LogP contribution < -0.4 is 5.32 Å². The number of aromatic hydroxyl groups is 1. The molecule has 0 aliphatic carbocycles. The molecule has 0 bridgehead atoms. The fraction of sp³-hybridized carbons (Fsp3) is 0.250. The lowest BCUT2D eigenvalue weighted by atomic mass is 9.66. The first-order chi connectivity index (χ1) is 37.1. The second-order valence-electron chi connectivity index (χ2n) is 19.6. The molecule has 13 heteroatoms. The van der Waals surface area contributed by atoms with E-state index in [1.807, 2.05) is 133 Å². The number of thiol groups is 2. The maximum atomic E-state index is 15.0. The van der Waals surface area contributed by atoms with Crippen LogP contribution in [0.2, 0.25) is 0 Å². The molecule has 0 saturated carbocycles. The Morgan fingerprint density at radius 3 is 1.62 bits per heavy atom. The molecular weight excluding hydrogens is 1010 g/mol. The number of allylic oxidation sites excluding steroid dienone is 2. The number of carboxylic acid groups (broad SMARTS) is 1. The minimum absolute atomic E-state index is 0.00892. The maximum absolute atomic E-state index is 15.0. The van der Waals surface area contributed by atoms with Gasteiger partial charge in [-0.05, 0) is 101 Å². The van der Waals surface area contributed by atoms with E-state index in [0.717, 1.165) is 36.4 Å². The van der Waals surface area contributed by atoms with Crippen molar-refractivity contribution >= 4 is 55.0 Å². The summed E-state index contributed by atoms with van der Waals surface area (Å²) in [5.41, 5.74) is 4.69. The van der Waals surface area contributed by atoms with Crippen LogP contribution >= 0.6 is 25.6 Å². The lowest BCUT2D eigenvalue weighted by Crippen LogP contribution is -2.46. The number of phenolic OH excluding ortho intramolecular Hbond substituents is 1. The van der Waals surface area contributed by atoms with Gasteiger partial charge < -0.3 is 20.6 Å². The number of halogens is 1. The standard InChI is InChI=1S/C64H66FN3O7S2/c1-45(2)61(57(70)44-60(73)74)68(77)59(72)39-41-64(49-26-13-7-14-27-49,50-28-15-8-16-29-50)54-32-18-19-33-55(54)66-62(75)56(42-46-35-37-52(65)38-36-46)67(76)58(71)34-17-3-4-20-40-63(47-22-9-5-10-23-47,48-24-11-6-12-25-48)51-30-21-31-53(69)43-51/h3-16,18-19,21-33,35-38,43,45,56-57,61,69-70,76-77H,17,20,34,39-42,44H2,1-2H3,(H,66,75)(H,73,74)/t56?,57-,61+/m0/s1. The Morgan fingerprint density at radius 1 is 0.597 bits per heavy atom. The van der Waals surface area contributed by atoms with Crippen LogP contribution in [0.4, 0.5) is 10.1 Å². The van der Waals surface area contributed by atoms with Crippen molar-refractivity contribution in [2.24, 2.45) is 5.92 Å². The van der Waals surface area contributed by atoms with Crippen LogP contribution in [-0.4, -0.2) is 65.8 Å². The zero-order valence-electron chi connectivity index (χ0n) is 43.2. The summed E-state index contributed by atoms with van der Waals surface area (Å²) >= 11 is 9.30. The number of aliphatic hydroxyl groups is 1. The van der Waals surface area contributed by atoms with Gasteiger partial charge in [0.2, 0.25) is 17.7 Å². The van der Waals surface area contributed by atoms with E-state index >= 15 is 4.79 Å². The number of phenols is 1. The van der Waals surface area contributed by atoms with Crippen LogP contribution in [0.1, 0.15) is 97.7 Å². The van der Waals surface area contributed by atoms with Gasteiger partial charge in [0.1, 0.15) is 17.6 Å². The molecule has 7 aromatic carbocycles. The van der Waals surface area contributed by atoms with Gasteiger partial charge in [0, 0.05) is 35.8 Å². The van der Waals surface area contributed by atoms with Gasteiger partial charge in [-0.15, -0.1) is 0 Å².